The first-order chi connectivity index (χ1) is 10.3. The molecule has 2 heterocycles. The summed E-state index contributed by atoms with van der Waals surface area (Å²) in [5.74, 6) is 1.80. The molecule has 0 bridgehead atoms. The second-order valence-corrected chi connectivity index (χ2v) is 5.13. The average Bonchev–Trinajstić information content (AvgIpc) is 2.51. The highest BCUT2D eigenvalue weighted by atomic mass is 79.9. The summed E-state index contributed by atoms with van der Waals surface area (Å²) in [6.45, 7) is 2.77. The molecule has 3 rings (SSSR count). The molecular weight excluding hydrogens is 332 g/mol. The Bertz CT molecular complexity index is 778. The van der Waals surface area contributed by atoms with Gasteiger partial charge in [0.25, 0.3) is 0 Å². The van der Waals surface area contributed by atoms with Gasteiger partial charge >= 0.3 is 0 Å². The molecule has 106 valence electrons. The second kappa shape index (κ2) is 6.05. The number of aromatic nitrogens is 3. The van der Waals surface area contributed by atoms with Gasteiger partial charge in [0.1, 0.15) is 22.4 Å². The number of para-hydroxylation sites is 1. The van der Waals surface area contributed by atoms with Crippen molar-refractivity contribution in [3.8, 4) is 11.6 Å². The highest BCUT2D eigenvalue weighted by Gasteiger charge is 2.10. The molecule has 6 heteroatoms. The zero-order valence-electron chi connectivity index (χ0n) is 11.4. The molecule has 0 saturated heterocycles. The standard InChI is InChI=1S/C15H13BrN4O/c1-2-17-14-13(16)15(20-9-19-14)21-11-7-10-5-3-4-6-12(10)18-8-11/h3-9H,2H2,1H3,(H,17,19,20). The number of fused-ring (bicyclic) bond motifs is 1. The normalized spacial score (nSPS) is 10.6. The SMILES string of the molecule is CCNc1ncnc(Oc2cnc3ccccc3c2)c1Br. The summed E-state index contributed by atoms with van der Waals surface area (Å²) in [5, 5.41) is 4.16. The van der Waals surface area contributed by atoms with Gasteiger partial charge in [-0.25, -0.2) is 9.97 Å². The summed E-state index contributed by atoms with van der Waals surface area (Å²) >= 11 is 3.46. The topological polar surface area (TPSA) is 59.9 Å². The largest absolute Gasteiger partial charge is 0.436 e. The molecule has 0 aliphatic carbocycles. The summed E-state index contributed by atoms with van der Waals surface area (Å²) in [6, 6.07) is 9.82. The first-order valence-electron chi connectivity index (χ1n) is 6.55. The Morgan fingerprint density at radius 2 is 2.05 bits per heavy atom. The maximum absolute atomic E-state index is 5.80. The summed E-state index contributed by atoms with van der Waals surface area (Å²) in [6.07, 6.45) is 3.15. The van der Waals surface area contributed by atoms with Crippen molar-refractivity contribution in [2.24, 2.45) is 0 Å². The molecule has 0 saturated carbocycles. The van der Waals surface area contributed by atoms with Crippen LogP contribution < -0.4 is 10.1 Å². The van der Waals surface area contributed by atoms with Crippen molar-refractivity contribution in [2.45, 2.75) is 6.92 Å². The van der Waals surface area contributed by atoms with Crippen LogP contribution in [0.5, 0.6) is 11.6 Å². The number of hydrogen-bond acceptors (Lipinski definition) is 5. The van der Waals surface area contributed by atoms with E-state index in [-0.39, 0.29) is 0 Å². The molecule has 0 aliphatic rings. The maximum atomic E-state index is 5.80. The molecule has 0 aliphatic heterocycles. The van der Waals surface area contributed by atoms with E-state index in [1.807, 2.05) is 37.3 Å². The minimum atomic E-state index is 0.457. The lowest BCUT2D eigenvalue weighted by molar-refractivity contribution is 0.457. The first-order valence-corrected chi connectivity index (χ1v) is 7.34. The molecule has 5 nitrogen and oxygen atoms in total. The molecule has 2 aromatic heterocycles. The van der Waals surface area contributed by atoms with Crippen molar-refractivity contribution in [3.05, 3.63) is 47.3 Å². The molecule has 0 unspecified atom stereocenters. The summed E-state index contributed by atoms with van der Waals surface area (Å²) in [4.78, 5) is 12.7. The molecular formula is C15H13BrN4O. The predicted molar refractivity (Wildman–Crippen MR) is 85.7 cm³/mol. The van der Waals surface area contributed by atoms with Crippen molar-refractivity contribution in [1.82, 2.24) is 15.0 Å². The van der Waals surface area contributed by atoms with Crippen LogP contribution in [0.15, 0.2) is 47.3 Å². The third-order valence-corrected chi connectivity index (χ3v) is 3.60. The van der Waals surface area contributed by atoms with Crippen molar-refractivity contribution in [2.75, 3.05) is 11.9 Å². The molecule has 21 heavy (non-hydrogen) atoms. The highest BCUT2D eigenvalue weighted by Crippen LogP contribution is 2.32. The van der Waals surface area contributed by atoms with Crippen molar-refractivity contribution < 1.29 is 4.74 Å². The number of benzene rings is 1. The van der Waals surface area contributed by atoms with E-state index < -0.39 is 0 Å². The lowest BCUT2D eigenvalue weighted by Gasteiger charge is -2.10. The van der Waals surface area contributed by atoms with Gasteiger partial charge in [-0.3, -0.25) is 4.98 Å². The molecule has 1 aromatic carbocycles. The van der Waals surface area contributed by atoms with Crippen LogP contribution in [0.25, 0.3) is 10.9 Å². The molecule has 0 atom stereocenters. The van der Waals surface area contributed by atoms with Crippen LogP contribution in [0.4, 0.5) is 5.82 Å². The Balaban J connectivity index is 1.93. The van der Waals surface area contributed by atoms with Gasteiger partial charge in [0.2, 0.25) is 5.88 Å². The van der Waals surface area contributed by atoms with Crippen LogP contribution in [0.1, 0.15) is 6.92 Å². The fourth-order valence-corrected chi connectivity index (χ4v) is 2.36. The number of nitrogens with zero attached hydrogens (tertiary/aromatic N) is 3. The average molecular weight is 345 g/mol. The molecule has 0 amide bonds. The smallest absolute Gasteiger partial charge is 0.238 e. The van der Waals surface area contributed by atoms with Gasteiger partial charge in [-0.2, -0.15) is 0 Å². The fraction of sp³-hybridized carbons (Fsp3) is 0.133. The number of hydrogen-bond donors (Lipinski definition) is 1. The number of anilines is 1. The van der Waals surface area contributed by atoms with E-state index in [4.69, 9.17) is 4.74 Å². The lowest BCUT2D eigenvalue weighted by Crippen LogP contribution is -2.02. The maximum Gasteiger partial charge on any atom is 0.238 e. The molecule has 0 radical (unpaired) electrons. The zero-order chi connectivity index (χ0) is 14.7. The molecule has 1 N–H and O–H groups in total. The van der Waals surface area contributed by atoms with Gasteiger partial charge in [-0.1, -0.05) is 18.2 Å². The third-order valence-electron chi connectivity index (χ3n) is 2.88. The fourth-order valence-electron chi connectivity index (χ4n) is 1.93. The van der Waals surface area contributed by atoms with Gasteiger partial charge in [-0.05, 0) is 35.0 Å². The Kier molecular flexibility index (Phi) is 3.96. The number of halogens is 1. The third kappa shape index (κ3) is 2.95. The number of pyridine rings is 1. The van der Waals surface area contributed by atoms with E-state index in [9.17, 15) is 0 Å². The minimum absolute atomic E-state index is 0.457. The predicted octanol–water partition coefficient (Wildman–Crippen LogP) is 4.01. The van der Waals surface area contributed by atoms with Crippen LogP contribution in [0.3, 0.4) is 0 Å². The van der Waals surface area contributed by atoms with Crippen LogP contribution in [-0.2, 0) is 0 Å². The van der Waals surface area contributed by atoms with Crippen molar-refractivity contribution in [3.63, 3.8) is 0 Å². The summed E-state index contributed by atoms with van der Waals surface area (Å²) in [5.41, 5.74) is 0.931. The van der Waals surface area contributed by atoms with Gasteiger partial charge < -0.3 is 10.1 Å². The molecule has 0 fully saturated rings. The number of nitrogens with one attached hydrogen (secondary N) is 1. The summed E-state index contributed by atoms with van der Waals surface area (Å²) < 4.78 is 6.50. The molecule has 3 aromatic rings. The second-order valence-electron chi connectivity index (χ2n) is 4.34. The Morgan fingerprint density at radius 1 is 1.19 bits per heavy atom. The summed E-state index contributed by atoms with van der Waals surface area (Å²) in [7, 11) is 0. The Morgan fingerprint density at radius 3 is 2.90 bits per heavy atom. The van der Waals surface area contributed by atoms with E-state index in [1.165, 1.54) is 6.33 Å². The van der Waals surface area contributed by atoms with Crippen LogP contribution >= 0.6 is 15.9 Å². The van der Waals surface area contributed by atoms with E-state index in [2.05, 4.69) is 36.2 Å². The Hall–Kier alpha value is -2.21. The van der Waals surface area contributed by atoms with Crippen LogP contribution in [0.2, 0.25) is 0 Å². The lowest BCUT2D eigenvalue weighted by atomic mass is 10.2. The van der Waals surface area contributed by atoms with Gasteiger partial charge in [-0.15, -0.1) is 0 Å². The quantitative estimate of drug-likeness (QED) is 0.774. The number of rotatable bonds is 4. The first kappa shape index (κ1) is 13.8. The van der Waals surface area contributed by atoms with Crippen LogP contribution in [-0.4, -0.2) is 21.5 Å². The van der Waals surface area contributed by atoms with Gasteiger partial charge in [0.15, 0.2) is 0 Å². The van der Waals surface area contributed by atoms with E-state index in [1.54, 1.807) is 6.20 Å². The van der Waals surface area contributed by atoms with Crippen molar-refractivity contribution >= 4 is 32.7 Å². The van der Waals surface area contributed by atoms with E-state index >= 15 is 0 Å². The van der Waals surface area contributed by atoms with Crippen LogP contribution in [0, 0.1) is 0 Å². The zero-order valence-corrected chi connectivity index (χ0v) is 13.0. The van der Waals surface area contributed by atoms with E-state index in [0.717, 1.165) is 17.4 Å². The van der Waals surface area contributed by atoms with Gasteiger partial charge in [0, 0.05) is 11.9 Å². The monoisotopic (exact) mass is 344 g/mol. The van der Waals surface area contributed by atoms with Gasteiger partial charge in [0.05, 0.1) is 11.7 Å². The van der Waals surface area contributed by atoms with Crippen molar-refractivity contribution in [1.29, 1.82) is 0 Å². The number of ether oxygens (including phenoxy) is 1. The molecule has 0 spiro atoms. The Labute approximate surface area is 130 Å². The minimum Gasteiger partial charge on any atom is -0.436 e. The van der Waals surface area contributed by atoms with E-state index in [0.29, 0.717) is 21.9 Å². The highest BCUT2D eigenvalue weighted by molar-refractivity contribution is 9.10.